The Morgan fingerprint density at radius 3 is 2.39 bits per heavy atom. The van der Waals surface area contributed by atoms with Crippen molar-refractivity contribution in [3.8, 4) is 0 Å². The maximum Gasteiger partial charge on any atom is 0.230 e. The molecule has 1 atom stereocenters. The van der Waals surface area contributed by atoms with Crippen LogP contribution in [0.3, 0.4) is 0 Å². The van der Waals surface area contributed by atoms with E-state index < -0.39 is 5.41 Å². The molecule has 1 amide bonds. The average Bonchev–Trinajstić information content (AvgIpc) is 2.35. The molecule has 0 aromatic heterocycles. The highest BCUT2D eigenvalue weighted by Crippen LogP contribution is 2.38. The number of hydrogen-bond donors (Lipinski definition) is 1. The van der Waals surface area contributed by atoms with Gasteiger partial charge in [-0.3, -0.25) is 4.79 Å². The maximum atomic E-state index is 12.5. The molecule has 0 heterocycles. The molecule has 18 heavy (non-hydrogen) atoms. The van der Waals surface area contributed by atoms with Crippen LogP contribution in [0.4, 0.5) is 0 Å². The highest BCUT2D eigenvalue weighted by molar-refractivity contribution is 5.88. The number of rotatable bonds is 4. The lowest BCUT2D eigenvalue weighted by Gasteiger charge is -2.37. The van der Waals surface area contributed by atoms with Crippen LogP contribution in [0.2, 0.25) is 0 Å². The molecular formula is C16H25NO. The van der Waals surface area contributed by atoms with Gasteiger partial charge in [-0.1, -0.05) is 39.0 Å². The van der Waals surface area contributed by atoms with Gasteiger partial charge in [-0.25, -0.2) is 0 Å². The average molecular weight is 247 g/mol. The van der Waals surface area contributed by atoms with Crippen molar-refractivity contribution < 1.29 is 4.79 Å². The Hall–Kier alpha value is -1.31. The quantitative estimate of drug-likeness (QED) is 0.868. The molecule has 0 bridgehead atoms. The van der Waals surface area contributed by atoms with Gasteiger partial charge >= 0.3 is 0 Å². The Labute approximate surface area is 111 Å². The summed E-state index contributed by atoms with van der Waals surface area (Å²) in [5, 5.41) is 2.84. The van der Waals surface area contributed by atoms with Gasteiger partial charge in [-0.15, -0.1) is 0 Å². The van der Waals surface area contributed by atoms with Gasteiger partial charge in [-0.2, -0.15) is 0 Å². The van der Waals surface area contributed by atoms with Crippen molar-refractivity contribution in [2.75, 3.05) is 7.05 Å². The summed E-state index contributed by atoms with van der Waals surface area (Å²) in [6, 6.07) is 6.25. The second-order valence-electron chi connectivity index (χ2n) is 5.31. The van der Waals surface area contributed by atoms with Crippen LogP contribution in [0.1, 0.15) is 43.9 Å². The first kappa shape index (κ1) is 14.7. The smallest absolute Gasteiger partial charge is 0.230 e. The molecule has 0 radical (unpaired) electrons. The van der Waals surface area contributed by atoms with Gasteiger partial charge in [0.1, 0.15) is 0 Å². The molecule has 1 aromatic rings. The lowest BCUT2D eigenvalue weighted by atomic mass is 9.67. The monoisotopic (exact) mass is 247 g/mol. The third-order valence-corrected chi connectivity index (χ3v) is 4.26. The van der Waals surface area contributed by atoms with E-state index in [1.54, 1.807) is 7.05 Å². The van der Waals surface area contributed by atoms with Crippen molar-refractivity contribution in [1.29, 1.82) is 0 Å². The van der Waals surface area contributed by atoms with Gasteiger partial charge in [0, 0.05) is 7.05 Å². The van der Waals surface area contributed by atoms with E-state index >= 15 is 0 Å². The summed E-state index contributed by atoms with van der Waals surface area (Å²) in [5.41, 5.74) is 3.22. The predicted molar refractivity (Wildman–Crippen MR) is 76.8 cm³/mol. The first-order valence-electron chi connectivity index (χ1n) is 6.70. The third kappa shape index (κ3) is 2.16. The van der Waals surface area contributed by atoms with E-state index in [1.165, 1.54) is 16.7 Å². The summed E-state index contributed by atoms with van der Waals surface area (Å²) >= 11 is 0. The molecule has 2 heteroatoms. The number of amides is 1. The predicted octanol–water partition coefficient (Wildman–Crippen LogP) is 3.35. The summed E-state index contributed by atoms with van der Waals surface area (Å²) in [4.78, 5) is 12.5. The summed E-state index contributed by atoms with van der Waals surface area (Å²) in [6.45, 7) is 10.6. The van der Waals surface area contributed by atoms with Gasteiger partial charge in [0.15, 0.2) is 0 Å². The first-order valence-corrected chi connectivity index (χ1v) is 6.70. The fourth-order valence-electron chi connectivity index (χ4n) is 2.91. The van der Waals surface area contributed by atoms with Crippen LogP contribution in [0.15, 0.2) is 18.2 Å². The van der Waals surface area contributed by atoms with E-state index in [4.69, 9.17) is 0 Å². The van der Waals surface area contributed by atoms with E-state index in [0.29, 0.717) is 0 Å². The second kappa shape index (κ2) is 5.55. The van der Waals surface area contributed by atoms with E-state index in [0.717, 1.165) is 6.42 Å². The number of carbonyl (C=O) groups excluding carboxylic acids is 1. The molecule has 0 aliphatic carbocycles. The number of hydrogen-bond acceptors (Lipinski definition) is 1. The molecule has 0 spiro atoms. The number of likely N-dealkylation sites (N-methyl/N-ethyl adjacent to an activating group) is 1. The highest BCUT2D eigenvalue weighted by Gasteiger charge is 2.41. The van der Waals surface area contributed by atoms with E-state index in [1.807, 2.05) is 6.07 Å². The van der Waals surface area contributed by atoms with Gasteiger partial charge in [0.05, 0.1) is 5.41 Å². The zero-order chi connectivity index (χ0) is 13.9. The molecule has 1 unspecified atom stereocenters. The maximum absolute atomic E-state index is 12.5. The van der Waals surface area contributed by atoms with Crippen LogP contribution in [0, 0.1) is 19.8 Å². The molecule has 0 fully saturated rings. The SMILES string of the molecule is CCC(C(=O)NC)(c1cccc(C)c1C)C(C)C. The molecule has 100 valence electrons. The fourth-order valence-corrected chi connectivity index (χ4v) is 2.91. The lowest BCUT2D eigenvalue weighted by Crippen LogP contribution is -2.47. The number of aryl methyl sites for hydroxylation is 1. The summed E-state index contributed by atoms with van der Waals surface area (Å²) in [6.07, 6.45) is 0.814. The lowest BCUT2D eigenvalue weighted by molar-refractivity contribution is -0.128. The topological polar surface area (TPSA) is 29.1 Å². The Kier molecular flexibility index (Phi) is 4.55. The van der Waals surface area contributed by atoms with Gasteiger partial charge in [0.25, 0.3) is 0 Å². The van der Waals surface area contributed by atoms with E-state index in [2.05, 4.69) is 52.1 Å². The Bertz CT molecular complexity index is 437. The number of nitrogens with one attached hydrogen (secondary N) is 1. The zero-order valence-corrected chi connectivity index (χ0v) is 12.4. The van der Waals surface area contributed by atoms with Crippen molar-refractivity contribution in [1.82, 2.24) is 5.32 Å². The molecule has 0 aliphatic rings. The minimum atomic E-state index is -0.426. The molecule has 1 aromatic carbocycles. The van der Waals surface area contributed by atoms with Crippen LogP contribution >= 0.6 is 0 Å². The second-order valence-corrected chi connectivity index (χ2v) is 5.31. The van der Waals surface area contributed by atoms with Crippen molar-refractivity contribution in [3.05, 3.63) is 34.9 Å². The molecule has 0 saturated heterocycles. The van der Waals surface area contributed by atoms with E-state index in [-0.39, 0.29) is 11.8 Å². The van der Waals surface area contributed by atoms with Crippen LogP contribution in [0.5, 0.6) is 0 Å². The summed E-state index contributed by atoms with van der Waals surface area (Å²) < 4.78 is 0. The summed E-state index contributed by atoms with van der Waals surface area (Å²) in [7, 11) is 1.72. The van der Waals surface area contributed by atoms with Gasteiger partial charge < -0.3 is 5.32 Å². The van der Waals surface area contributed by atoms with Crippen molar-refractivity contribution in [2.45, 2.75) is 46.5 Å². The van der Waals surface area contributed by atoms with Crippen molar-refractivity contribution in [2.24, 2.45) is 5.92 Å². The molecule has 1 rings (SSSR count). The zero-order valence-electron chi connectivity index (χ0n) is 12.4. The number of carbonyl (C=O) groups is 1. The highest BCUT2D eigenvalue weighted by atomic mass is 16.2. The van der Waals surface area contributed by atoms with Crippen molar-refractivity contribution >= 4 is 5.91 Å². The Morgan fingerprint density at radius 2 is 1.94 bits per heavy atom. The molecule has 1 N–H and O–H groups in total. The third-order valence-electron chi connectivity index (χ3n) is 4.26. The minimum Gasteiger partial charge on any atom is -0.358 e. The van der Waals surface area contributed by atoms with Crippen LogP contribution in [-0.2, 0) is 10.2 Å². The standard InChI is InChI=1S/C16H25NO/c1-7-16(11(2)3,15(18)17-6)14-10-8-9-12(4)13(14)5/h8-11H,7H2,1-6H3,(H,17,18). The minimum absolute atomic E-state index is 0.119. The first-order chi connectivity index (χ1) is 8.41. The van der Waals surface area contributed by atoms with Crippen LogP contribution in [-0.4, -0.2) is 13.0 Å². The normalized spacial score (nSPS) is 14.4. The largest absolute Gasteiger partial charge is 0.358 e. The number of benzene rings is 1. The molecule has 0 aliphatic heterocycles. The van der Waals surface area contributed by atoms with Crippen molar-refractivity contribution in [3.63, 3.8) is 0 Å². The van der Waals surface area contributed by atoms with Crippen LogP contribution < -0.4 is 5.32 Å². The summed E-state index contributed by atoms with van der Waals surface area (Å²) in [5.74, 6) is 0.386. The van der Waals surface area contributed by atoms with Gasteiger partial charge in [0.2, 0.25) is 5.91 Å². The van der Waals surface area contributed by atoms with Gasteiger partial charge in [-0.05, 0) is 42.9 Å². The molecular weight excluding hydrogens is 222 g/mol. The Morgan fingerprint density at radius 1 is 1.33 bits per heavy atom. The van der Waals surface area contributed by atoms with E-state index in [9.17, 15) is 4.79 Å². The van der Waals surface area contributed by atoms with Crippen LogP contribution in [0.25, 0.3) is 0 Å². The fraction of sp³-hybridized carbons (Fsp3) is 0.562. The molecule has 0 saturated carbocycles. The molecule has 2 nitrogen and oxygen atoms in total. The Balaban J connectivity index is 3.52.